The van der Waals surface area contributed by atoms with Gasteiger partial charge in [-0.05, 0) is 19.1 Å². The Morgan fingerprint density at radius 2 is 1.58 bits per heavy atom. The number of carbonyl (C=O) groups is 2. The SMILES string of the molecule is CC(=O)c1ccccc1OCC(=O)c1ccccc1. The van der Waals surface area contributed by atoms with E-state index < -0.39 is 0 Å². The Bertz CT molecular complexity index is 588. The van der Waals surface area contributed by atoms with Crippen LogP contribution < -0.4 is 4.74 Å². The van der Waals surface area contributed by atoms with E-state index in [0.29, 0.717) is 16.9 Å². The molecule has 0 bridgehead atoms. The first kappa shape index (κ1) is 13.0. The molecule has 3 nitrogen and oxygen atoms in total. The average molecular weight is 254 g/mol. The lowest BCUT2D eigenvalue weighted by atomic mass is 10.1. The monoisotopic (exact) mass is 254 g/mol. The van der Waals surface area contributed by atoms with E-state index in [-0.39, 0.29) is 18.2 Å². The number of para-hydroxylation sites is 1. The van der Waals surface area contributed by atoms with Crippen molar-refractivity contribution < 1.29 is 14.3 Å². The third kappa shape index (κ3) is 3.28. The van der Waals surface area contributed by atoms with Crippen LogP contribution in [0.4, 0.5) is 0 Å². The normalized spacial score (nSPS) is 9.95. The lowest BCUT2D eigenvalue weighted by Gasteiger charge is -2.08. The van der Waals surface area contributed by atoms with E-state index in [0.717, 1.165) is 0 Å². The Hall–Kier alpha value is -2.42. The molecule has 0 N–H and O–H groups in total. The molecule has 2 aromatic carbocycles. The fraction of sp³-hybridized carbons (Fsp3) is 0.125. The molecule has 0 aromatic heterocycles. The van der Waals surface area contributed by atoms with Gasteiger partial charge < -0.3 is 4.74 Å². The first-order valence-electron chi connectivity index (χ1n) is 5.99. The van der Waals surface area contributed by atoms with Crippen LogP contribution in [0.1, 0.15) is 27.6 Å². The van der Waals surface area contributed by atoms with Gasteiger partial charge >= 0.3 is 0 Å². The average Bonchev–Trinajstić information content (AvgIpc) is 2.46. The molecule has 2 rings (SSSR count). The first-order chi connectivity index (χ1) is 9.18. The summed E-state index contributed by atoms with van der Waals surface area (Å²) in [4.78, 5) is 23.3. The van der Waals surface area contributed by atoms with Gasteiger partial charge in [-0.3, -0.25) is 9.59 Å². The lowest BCUT2D eigenvalue weighted by Crippen LogP contribution is -2.12. The van der Waals surface area contributed by atoms with Crippen LogP contribution in [0.5, 0.6) is 5.75 Å². The third-order valence-electron chi connectivity index (χ3n) is 2.72. The lowest BCUT2D eigenvalue weighted by molar-refractivity contribution is 0.0913. The second-order valence-electron chi connectivity index (χ2n) is 4.13. The van der Waals surface area contributed by atoms with Crippen LogP contribution >= 0.6 is 0 Å². The number of Topliss-reactive ketones (excluding diaryl/α,β-unsaturated/α-hetero) is 2. The summed E-state index contributed by atoms with van der Waals surface area (Å²) in [6.07, 6.45) is 0. The zero-order valence-corrected chi connectivity index (χ0v) is 10.6. The summed E-state index contributed by atoms with van der Waals surface area (Å²) in [6, 6.07) is 15.8. The van der Waals surface area contributed by atoms with Gasteiger partial charge in [0.05, 0.1) is 5.56 Å². The maximum Gasteiger partial charge on any atom is 0.200 e. The highest BCUT2D eigenvalue weighted by molar-refractivity contribution is 5.98. The highest BCUT2D eigenvalue weighted by atomic mass is 16.5. The van der Waals surface area contributed by atoms with Crippen molar-refractivity contribution in [1.82, 2.24) is 0 Å². The maximum absolute atomic E-state index is 11.9. The van der Waals surface area contributed by atoms with Crippen molar-refractivity contribution in [1.29, 1.82) is 0 Å². The number of hydrogen-bond acceptors (Lipinski definition) is 3. The van der Waals surface area contributed by atoms with E-state index >= 15 is 0 Å². The van der Waals surface area contributed by atoms with Crippen molar-refractivity contribution in [2.45, 2.75) is 6.92 Å². The number of ether oxygens (including phenoxy) is 1. The molecular weight excluding hydrogens is 240 g/mol. The Labute approximate surface area is 111 Å². The van der Waals surface area contributed by atoms with Gasteiger partial charge in [-0.2, -0.15) is 0 Å². The molecule has 0 saturated heterocycles. The molecule has 0 atom stereocenters. The van der Waals surface area contributed by atoms with Crippen LogP contribution in [0, 0.1) is 0 Å². The van der Waals surface area contributed by atoms with Gasteiger partial charge in [0.2, 0.25) is 0 Å². The summed E-state index contributed by atoms with van der Waals surface area (Å²) in [5.41, 5.74) is 1.09. The number of benzene rings is 2. The quantitative estimate of drug-likeness (QED) is 0.770. The summed E-state index contributed by atoms with van der Waals surface area (Å²) in [5.74, 6) is 0.251. The molecule has 96 valence electrons. The number of hydrogen-bond donors (Lipinski definition) is 0. The first-order valence-corrected chi connectivity index (χ1v) is 5.99. The zero-order chi connectivity index (χ0) is 13.7. The Kier molecular flexibility index (Phi) is 4.08. The van der Waals surface area contributed by atoms with E-state index in [2.05, 4.69) is 0 Å². The molecule has 0 spiro atoms. The zero-order valence-electron chi connectivity index (χ0n) is 10.6. The van der Waals surface area contributed by atoms with E-state index in [1.807, 2.05) is 6.07 Å². The van der Waals surface area contributed by atoms with Crippen molar-refractivity contribution in [3.8, 4) is 5.75 Å². The molecule has 0 unspecified atom stereocenters. The summed E-state index contributed by atoms with van der Waals surface area (Å²) in [7, 11) is 0. The molecule has 0 saturated carbocycles. The van der Waals surface area contributed by atoms with Gasteiger partial charge in [-0.25, -0.2) is 0 Å². The van der Waals surface area contributed by atoms with Gasteiger partial charge in [0.25, 0.3) is 0 Å². The maximum atomic E-state index is 11.9. The summed E-state index contributed by atoms with van der Waals surface area (Å²) >= 11 is 0. The molecule has 2 aromatic rings. The van der Waals surface area contributed by atoms with E-state index in [4.69, 9.17) is 4.74 Å². The van der Waals surface area contributed by atoms with Crippen molar-refractivity contribution in [2.75, 3.05) is 6.61 Å². The van der Waals surface area contributed by atoms with E-state index in [9.17, 15) is 9.59 Å². The van der Waals surface area contributed by atoms with Crippen molar-refractivity contribution in [3.05, 3.63) is 65.7 Å². The highest BCUT2D eigenvalue weighted by Gasteiger charge is 2.10. The van der Waals surface area contributed by atoms with Crippen molar-refractivity contribution in [3.63, 3.8) is 0 Å². The number of carbonyl (C=O) groups excluding carboxylic acids is 2. The minimum absolute atomic E-state index is 0.0751. The van der Waals surface area contributed by atoms with Crippen LogP contribution in [0.2, 0.25) is 0 Å². The molecular formula is C16H14O3. The molecule has 0 aliphatic heterocycles. The Balaban J connectivity index is 2.07. The second kappa shape index (κ2) is 5.96. The van der Waals surface area contributed by atoms with Gasteiger partial charge in [0, 0.05) is 5.56 Å². The summed E-state index contributed by atoms with van der Waals surface area (Å²) in [5, 5.41) is 0. The standard InChI is InChI=1S/C16H14O3/c1-12(17)14-9-5-6-10-16(14)19-11-15(18)13-7-3-2-4-8-13/h2-10H,11H2,1H3. The molecule has 0 fully saturated rings. The Morgan fingerprint density at radius 1 is 0.947 bits per heavy atom. The van der Waals surface area contributed by atoms with Crippen LogP contribution in [-0.4, -0.2) is 18.2 Å². The van der Waals surface area contributed by atoms with Crippen molar-refractivity contribution >= 4 is 11.6 Å². The topological polar surface area (TPSA) is 43.4 Å². The van der Waals surface area contributed by atoms with Gasteiger partial charge in [0.15, 0.2) is 18.2 Å². The molecule has 3 heteroatoms. The number of rotatable bonds is 5. The number of ketones is 2. The smallest absolute Gasteiger partial charge is 0.200 e. The van der Waals surface area contributed by atoms with Crippen LogP contribution in [0.15, 0.2) is 54.6 Å². The molecule has 19 heavy (non-hydrogen) atoms. The minimum Gasteiger partial charge on any atom is -0.485 e. The van der Waals surface area contributed by atoms with Gasteiger partial charge in [-0.15, -0.1) is 0 Å². The molecule has 0 amide bonds. The van der Waals surface area contributed by atoms with Crippen LogP contribution in [-0.2, 0) is 0 Å². The third-order valence-corrected chi connectivity index (χ3v) is 2.72. The fourth-order valence-corrected chi connectivity index (χ4v) is 1.73. The van der Waals surface area contributed by atoms with E-state index in [1.165, 1.54) is 6.92 Å². The minimum atomic E-state index is -0.112. The van der Waals surface area contributed by atoms with Gasteiger partial charge in [-0.1, -0.05) is 42.5 Å². The van der Waals surface area contributed by atoms with Crippen LogP contribution in [0.25, 0.3) is 0 Å². The molecule has 0 radical (unpaired) electrons. The summed E-state index contributed by atoms with van der Waals surface area (Å²) < 4.78 is 5.44. The predicted molar refractivity (Wildman–Crippen MR) is 72.7 cm³/mol. The summed E-state index contributed by atoms with van der Waals surface area (Å²) in [6.45, 7) is 1.40. The molecule has 0 aliphatic rings. The van der Waals surface area contributed by atoms with Crippen LogP contribution in [0.3, 0.4) is 0 Å². The molecule has 0 heterocycles. The molecule has 0 aliphatic carbocycles. The highest BCUT2D eigenvalue weighted by Crippen LogP contribution is 2.18. The van der Waals surface area contributed by atoms with Crippen molar-refractivity contribution in [2.24, 2.45) is 0 Å². The Morgan fingerprint density at radius 3 is 2.26 bits per heavy atom. The predicted octanol–water partition coefficient (Wildman–Crippen LogP) is 3.15. The van der Waals surface area contributed by atoms with E-state index in [1.54, 1.807) is 48.5 Å². The van der Waals surface area contributed by atoms with Gasteiger partial charge in [0.1, 0.15) is 5.75 Å². The largest absolute Gasteiger partial charge is 0.485 e. The second-order valence-corrected chi connectivity index (χ2v) is 4.13. The fourth-order valence-electron chi connectivity index (χ4n) is 1.73.